The third-order valence-electron chi connectivity index (χ3n) is 3.40. The minimum atomic E-state index is -0.0987. The molecule has 0 saturated carbocycles. The molecule has 2 aromatic carbocycles. The Morgan fingerprint density at radius 2 is 1.83 bits per heavy atom. The Hall–Kier alpha value is -1.75. The first kappa shape index (κ1) is 17.1. The van der Waals surface area contributed by atoms with Gasteiger partial charge in [0.05, 0.1) is 5.69 Å². The zero-order valence-electron chi connectivity index (χ0n) is 12.9. The Kier molecular flexibility index (Phi) is 5.29. The van der Waals surface area contributed by atoms with Crippen LogP contribution >= 0.6 is 35.0 Å². The van der Waals surface area contributed by atoms with Gasteiger partial charge in [-0.25, -0.2) is 4.98 Å². The maximum Gasteiger partial charge on any atom is 0.258 e. The van der Waals surface area contributed by atoms with E-state index in [1.54, 1.807) is 16.7 Å². The quantitative estimate of drug-likeness (QED) is 0.467. The molecule has 6 heteroatoms. The molecule has 0 atom stereocenters. The molecule has 3 nitrogen and oxygen atoms in total. The Bertz CT molecular complexity index is 926. The average molecular weight is 377 g/mol. The smallest absolute Gasteiger partial charge is 0.258 e. The van der Waals surface area contributed by atoms with Crippen molar-refractivity contribution < 1.29 is 0 Å². The van der Waals surface area contributed by atoms with E-state index in [1.165, 1.54) is 17.8 Å². The van der Waals surface area contributed by atoms with Gasteiger partial charge in [0.25, 0.3) is 5.56 Å². The van der Waals surface area contributed by atoms with Crippen LogP contribution < -0.4 is 5.56 Å². The summed E-state index contributed by atoms with van der Waals surface area (Å²) < 4.78 is 1.61. The number of para-hydroxylation sites is 1. The third-order valence-corrected chi connectivity index (χ3v) is 4.98. The average Bonchev–Trinajstić information content (AvgIpc) is 2.54. The van der Waals surface area contributed by atoms with Gasteiger partial charge >= 0.3 is 0 Å². The fourth-order valence-electron chi connectivity index (χ4n) is 2.26. The van der Waals surface area contributed by atoms with E-state index in [0.29, 0.717) is 26.6 Å². The summed E-state index contributed by atoms with van der Waals surface area (Å²) in [7, 11) is 0. The molecular formula is C18H14Cl2N2OS. The van der Waals surface area contributed by atoms with Gasteiger partial charge in [-0.2, -0.15) is 0 Å². The standard InChI is InChI=1S/C18H14Cl2N2OS/c1-12-9-17(23)22(15-5-3-2-4-6-15)18(21-12)24-11-13-7-8-14(19)10-16(13)20/h2-10H,11H2,1H3. The van der Waals surface area contributed by atoms with Crippen molar-refractivity contribution in [3.63, 3.8) is 0 Å². The maximum atomic E-state index is 12.5. The van der Waals surface area contributed by atoms with Gasteiger partial charge in [-0.05, 0) is 36.8 Å². The molecule has 0 radical (unpaired) electrons. The molecule has 0 aliphatic rings. The number of hydrogen-bond donors (Lipinski definition) is 0. The molecule has 0 fully saturated rings. The summed E-state index contributed by atoms with van der Waals surface area (Å²) in [5.74, 6) is 0.596. The van der Waals surface area contributed by atoms with Crippen molar-refractivity contribution in [2.75, 3.05) is 0 Å². The second-order valence-corrected chi connectivity index (χ2v) is 7.00. The zero-order valence-corrected chi connectivity index (χ0v) is 15.2. The van der Waals surface area contributed by atoms with Gasteiger partial charge in [0.15, 0.2) is 5.16 Å². The van der Waals surface area contributed by atoms with Crippen molar-refractivity contribution >= 4 is 35.0 Å². The van der Waals surface area contributed by atoms with E-state index in [0.717, 1.165) is 11.3 Å². The van der Waals surface area contributed by atoms with E-state index in [2.05, 4.69) is 4.98 Å². The van der Waals surface area contributed by atoms with Gasteiger partial charge in [0.2, 0.25) is 0 Å². The van der Waals surface area contributed by atoms with E-state index >= 15 is 0 Å². The number of thioether (sulfide) groups is 1. The van der Waals surface area contributed by atoms with Crippen LogP contribution in [0.15, 0.2) is 64.5 Å². The molecule has 0 spiro atoms. The van der Waals surface area contributed by atoms with Crippen LogP contribution in [0, 0.1) is 6.92 Å². The molecule has 3 aromatic rings. The van der Waals surface area contributed by atoms with Gasteiger partial charge in [-0.15, -0.1) is 0 Å². The minimum Gasteiger partial charge on any atom is -0.269 e. The fraction of sp³-hybridized carbons (Fsp3) is 0.111. The molecule has 0 saturated heterocycles. The monoisotopic (exact) mass is 376 g/mol. The number of aryl methyl sites for hydroxylation is 1. The van der Waals surface area contributed by atoms with Gasteiger partial charge in [0.1, 0.15) is 0 Å². The van der Waals surface area contributed by atoms with Crippen LogP contribution in [0.3, 0.4) is 0 Å². The molecule has 0 unspecified atom stereocenters. The predicted molar refractivity (Wildman–Crippen MR) is 101 cm³/mol. The number of aromatic nitrogens is 2. The van der Waals surface area contributed by atoms with Crippen molar-refractivity contribution in [3.8, 4) is 5.69 Å². The van der Waals surface area contributed by atoms with Crippen molar-refractivity contribution in [2.45, 2.75) is 17.8 Å². The molecule has 0 N–H and O–H groups in total. The fourth-order valence-corrected chi connectivity index (χ4v) is 3.89. The molecule has 0 aliphatic heterocycles. The van der Waals surface area contributed by atoms with E-state index in [9.17, 15) is 4.79 Å². The second-order valence-electron chi connectivity index (χ2n) is 5.21. The van der Waals surface area contributed by atoms with Crippen LogP contribution in [0.4, 0.5) is 0 Å². The molecule has 3 rings (SSSR count). The highest BCUT2D eigenvalue weighted by Crippen LogP contribution is 2.28. The summed E-state index contributed by atoms with van der Waals surface area (Å²) >= 11 is 13.6. The topological polar surface area (TPSA) is 34.9 Å². The van der Waals surface area contributed by atoms with E-state index in [1.807, 2.05) is 43.3 Å². The van der Waals surface area contributed by atoms with Gasteiger partial charge in [0, 0.05) is 27.6 Å². The van der Waals surface area contributed by atoms with Crippen molar-refractivity contribution in [1.29, 1.82) is 0 Å². The molecular weight excluding hydrogens is 363 g/mol. The summed E-state index contributed by atoms with van der Waals surface area (Å²) in [5.41, 5.74) is 2.33. The molecule has 1 aromatic heterocycles. The van der Waals surface area contributed by atoms with Crippen molar-refractivity contribution in [3.05, 3.63) is 86.3 Å². The minimum absolute atomic E-state index is 0.0987. The summed E-state index contributed by atoms with van der Waals surface area (Å²) in [6.07, 6.45) is 0. The van der Waals surface area contributed by atoms with Crippen LogP contribution in [0.1, 0.15) is 11.3 Å². The van der Waals surface area contributed by atoms with E-state index in [-0.39, 0.29) is 5.56 Å². The highest BCUT2D eigenvalue weighted by Gasteiger charge is 2.11. The highest BCUT2D eigenvalue weighted by molar-refractivity contribution is 7.98. The Labute approximate surface area is 154 Å². The summed E-state index contributed by atoms with van der Waals surface area (Å²) in [4.78, 5) is 17.0. The summed E-state index contributed by atoms with van der Waals surface area (Å²) in [6.45, 7) is 1.82. The number of benzene rings is 2. The number of nitrogens with zero attached hydrogens (tertiary/aromatic N) is 2. The lowest BCUT2D eigenvalue weighted by Gasteiger charge is -2.12. The third kappa shape index (κ3) is 3.83. The molecule has 0 aliphatic carbocycles. The van der Waals surface area contributed by atoms with Crippen LogP contribution in [0.5, 0.6) is 0 Å². The van der Waals surface area contributed by atoms with E-state index < -0.39 is 0 Å². The second kappa shape index (κ2) is 7.43. The lowest BCUT2D eigenvalue weighted by Crippen LogP contribution is -2.21. The van der Waals surface area contributed by atoms with Crippen LogP contribution in [-0.2, 0) is 5.75 Å². The van der Waals surface area contributed by atoms with Crippen LogP contribution in [0.2, 0.25) is 10.0 Å². The Balaban J connectivity index is 1.97. The molecule has 0 amide bonds. The number of rotatable bonds is 4. The van der Waals surface area contributed by atoms with Gasteiger partial charge < -0.3 is 0 Å². The lowest BCUT2D eigenvalue weighted by atomic mass is 10.2. The van der Waals surface area contributed by atoms with E-state index in [4.69, 9.17) is 23.2 Å². The summed E-state index contributed by atoms with van der Waals surface area (Å²) in [6, 6.07) is 16.4. The maximum absolute atomic E-state index is 12.5. The van der Waals surface area contributed by atoms with Gasteiger partial charge in [-0.1, -0.05) is 59.2 Å². The van der Waals surface area contributed by atoms with Crippen LogP contribution in [-0.4, -0.2) is 9.55 Å². The molecule has 24 heavy (non-hydrogen) atoms. The first-order chi connectivity index (χ1) is 11.5. The highest BCUT2D eigenvalue weighted by atomic mass is 35.5. The lowest BCUT2D eigenvalue weighted by molar-refractivity contribution is 0.780. The largest absolute Gasteiger partial charge is 0.269 e. The molecule has 122 valence electrons. The number of halogens is 2. The van der Waals surface area contributed by atoms with Crippen LogP contribution in [0.25, 0.3) is 5.69 Å². The normalized spacial score (nSPS) is 10.8. The SMILES string of the molecule is Cc1cc(=O)n(-c2ccccc2)c(SCc2ccc(Cl)cc2Cl)n1. The summed E-state index contributed by atoms with van der Waals surface area (Å²) in [5, 5.41) is 1.84. The van der Waals surface area contributed by atoms with Crippen molar-refractivity contribution in [2.24, 2.45) is 0 Å². The zero-order chi connectivity index (χ0) is 17.1. The molecule has 0 bridgehead atoms. The van der Waals surface area contributed by atoms with Crippen molar-refractivity contribution in [1.82, 2.24) is 9.55 Å². The first-order valence-corrected chi connectivity index (χ1v) is 9.01. The van der Waals surface area contributed by atoms with Gasteiger partial charge in [-0.3, -0.25) is 9.36 Å². The predicted octanol–water partition coefficient (Wildman–Crippen LogP) is 5.14. The number of hydrogen-bond acceptors (Lipinski definition) is 3. The Morgan fingerprint density at radius 3 is 2.54 bits per heavy atom. The first-order valence-electron chi connectivity index (χ1n) is 7.27. The Morgan fingerprint density at radius 1 is 1.08 bits per heavy atom. The molecule has 1 heterocycles.